The topological polar surface area (TPSA) is 46.9 Å². The number of carbonyl (C=O) groups is 1. The number of nitrogens with zero attached hydrogens (tertiary/aromatic N) is 2. The van der Waals surface area contributed by atoms with Crippen LogP contribution in [-0.4, -0.2) is 15.5 Å². The Kier molecular flexibility index (Phi) is 6.62. The van der Waals surface area contributed by atoms with Crippen LogP contribution in [0, 0.1) is 0 Å². The fourth-order valence-electron chi connectivity index (χ4n) is 3.27. The Labute approximate surface area is 181 Å². The summed E-state index contributed by atoms with van der Waals surface area (Å²) in [5, 5.41) is 2.84. The molecule has 4 aromatic rings. The smallest absolute Gasteiger partial charge is 0.238 e. The molecule has 30 heavy (non-hydrogen) atoms. The molecule has 0 radical (unpaired) electrons. The third kappa shape index (κ3) is 5.19. The van der Waals surface area contributed by atoms with Crippen molar-refractivity contribution >= 4 is 17.7 Å². The van der Waals surface area contributed by atoms with Gasteiger partial charge in [0, 0.05) is 30.4 Å². The van der Waals surface area contributed by atoms with E-state index in [2.05, 4.69) is 22.4 Å². The number of benzene rings is 3. The fraction of sp³-hybridized carbons (Fsp3) is 0.120. The monoisotopic (exact) mass is 413 g/mol. The van der Waals surface area contributed by atoms with Crippen LogP contribution in [0.1, 0.15) is 21.9 Å². The number of imidazole rings is 1. The lowest BCUT2D eigenvalue weighted by molar-refractivity contribution is -0.120. The first kappa shape index (κ1) is 20.0. The second-order valence-corrected chi connectivity index (χ2v) is 8.12. The van der Waals surface area contributed by atoms with Crippen LogP contribution in [0.2, 0.25) is 0 Å². The number of nitrogens with one attached hydrogen (secondary N) is 1. The van der Waals surface area contributed by atoms with E-state index in [0.29, 0.717) is 6.54 Å². The van der Waals surface area contributed by atoms with Gasteiger partial charge in [0.05, 0.1) is 6.33 Å². The number of aromatic nitrogens is 2. The van der Waals surface area contributed by atoms with Gasteiger partial charge in [-0.3, -0.25) is 4.79 Å². The lowest BCUT2D eigenvalue weighted by Crippen LogP contribution is -2.28. The number of thioether (sulfide) groups is 1. The highest BCUT2D eigenvalue weighted by atomic mass is 32.2. The zero-order chi connectivity index (χ0) is 20.6. The van der Waals surface area contributed by atoms with Gasteiger partial charge in [0.25, 0.3) is 0 Å². The molecule has 1 atom stereocenters. The molecule has 0 bridgehead atoms. The van der Waals surface area contributed by atoms with Crippen LogP contribution in [-0.2, 0) is 17.9 Å². The second-order valence-electron chi connectivity index (χ2n) is 6.94. The summed E-state index contributed by atoms with van der Waals surface area (Å²) >= 11 is 1.57. The highest BCUT2D eigenvalue weighted by molar-refractivity contribution is 8.00. The Hall–Kier alpha value is -3.31. The molecule has 1 aromatic heterocycles. The summed E-state index contributed by atoms with van der Waals surface area (Å²) in [4.78, 5) is 18.4. The molecule has 0 fully saturated rings. The van der Waals surface area contributed by atoms with Gasteiger partial charge in [0.2, 0.25) is 5.91 Å². The zero-order valence-electron chi connectivity index (χ0n) is 16.5. The van der Waals surface area contributed by atoms with Crippen molar-refractivity contribution in [1.29, 1.82) is 0 Å². The van der Waals surface area contributed by atoms with Gasteiger partial charge >= 0.3 is 0 Å². The Bertz CT molecular complexity index is 1070. The van der Waals surface area contributed by atoms with Gasteiger partial charge in [-0.2, -0.15) is 0 Å². The summed E-state index contributed by atoms with van der Waals surface area (Å²) in [7, 11) is 0. The number of amides is 1. The molecule has 1 amide bonds. The molecule has 0 unspecified atom stereocenters. The summed E-state index contributed by atoms with van der Waals surface area (Å²) in [6.07, 6.45) is 5.52. The van der Waals surface area contributed by atoms with Crippen molar-refractivity contribution in [2.75, 3.05) is 0 Å². The molecule has 1 heterocycles. The number of rotatable bonds is 8. The SMILES string of the molecule is O=C(NCc1ccccc1Cn1ccnc1)[C@@H](Sc1ccccc1)c1ccccc1. The zero-order valence-corrected chi connectivity index (χ0v) is 17.3. The summed E-state index contributed by atoms with van der Waals surface area (Å²) in [5.74, 6) is 0.00693. The molecule has 4 nitrogen and oxygen atoms in total. The van der Waals surface area contributed by atoms with Crippen molar-refractivity contribution in [3.05, 3.63) is 120 Å². The van der Waals surface area contributed by atoms with E-state index in [-0.39, 0.29) is 11.2 Å². The molecule has 4 rings (SSSR count). The molecule has 1 N–H and O–H groups in total. The van der Waals surface area contributed by atoms with Gasteiger partial charge in [-0.05, 0) is 28.8 Å². The number of hydrogen-bond donors (Lipinski definition) is 1. The van der Waals surface area contributed by atoms with Crippen molar-refractivity contribution in [2.24, 2.45) is 0 Å². The summed E-state index contributed by atoms with van der Waals surface area (Å²) in [6.45, 7) is 1.22. The van der Waals surface area contributed by atoms with Gasteiger partial charge in [-0.15, -0.1) is 11.8 Å². The molecule has 0 aliphatic heterocycles. The second kappa shape index (κ2) is 9.94. The first-order valence-electron chi connectivity index (χ1n) is 9.86. The van der Waals surface area contributed by atoms with Gasteiger partial charge in [-0.25, -0.2) is 4.98 Å². The van der Waals surface area contributed by atoms with Crippen molar-refractivity contribution in [3.63, 3.8) is 0 Å². The molecule has 3 aromatic carbocycles. The highest BCUT2D eigenvalue weighted by Crippen LogP contribution is 2.35. The molecule has 0 aliphatic rings. The largest absolute Gasteiger partial charge is 0.351 e. The lowest BCUT2D eigenvalue weighted by Gasteiger charge is -2.18. The van der Waals surface area contributed by atoms with E-state index in [9.17, 15) is 4.79 Å². The maximum Gasteiger partial charge on any atom is 0.238 e. The molecule has 0 saturated heterocycles. The third-order valence-corrected chi connectivity index (χ3v) is 6.09. The summed E-state index contributed by atoms with van der Waals surface area (Å²) < 4.78 is 2.03. The first-order chi connectivity index (χ1) is 14.8. The van der Waals surface area contributed by atoms with Crippen LogP contribution in [0.5, 0.6) is 0 Å². The van der Waals surface area contributed by atoms with Crippen LogP contribution in [0.3, 0.4) is 0 Å². The lowest BCUT2D eigenvalue weighted by atomic mass is 10.1. The van der Waals surface area contributed by atoms with Crippen LogP contribution in [0.4, 0.5) is 0 Å². The maximum absolute atomic E-state index is 13.2. The van der Waals surface area contributed by atoms with Crippen molar-refractivity contribution < 1.29 is 4.79 Å². The van der Waals surface area contributed by atoms with Crippen molar-refractivity contribution in [3.8, 4) is 0 Å². The minimum atomic E-state index is -0.311. The van der Waals surface area contributed by atoms with E-state index in [1.165, 1.54) is 5.56 Å². The van der Waals surface area contributed by atoms with Crippen LogP contribution >= 0.6 is 11.8 Å². The minimum Gasteiger partial charge on any atom is -0.351 e. The van der Waals surface area contributed by atoms with Crippen LogP contribution in [0.25, 0.3) is 0 Å². The molecular formula is C25H23N3OS. The van der Waals surface area contributed by atoms with E-state index in [0.717, 1.165) is 22.6 Å². The molecule has 0 saturated carbocycles. The number of hydrogen-bond acceptors (Lipinski definition) is 3. The molecule has 150 valence electrons. The van der Waals surface area contributed by atoms with E-state index < -0.39 is 0 Å². The Morgan fingerprint density at radius 1 is 0.900 bits per heavy atom. The third-order valence-electron chi connectivity index (χ3n) is 4.82. The van der Waals surface area contributed by atoms with E-state index in [4.69, 9.17) is 0 Å². The molecule has 0 aliphatic carbocycles. The standard InChI is InChI=1S/C25H23N3OS/c29-25(24(20-9-3-1-4-10-20)30-23-13-5-2-6-14-23)27-17-21-11-7-8-12-22(21)18-28-16-15-26-19-28/h1-16,19,24H,17-18H2,(H,27,29)/t24-/m0/s1. The highest BCUT2D eigenvalue weighted by Gasteiger charge is 2.22. The van der Waals surface area contributed by atoms with E-state index in [1.54, 1.807) is 24.3 Å². The number of carbonyl (C=O) groups excluding carboxylic acids is 1. The first-order valence-corrected chi connectivity index (χ1v) is 10.7. The summed E-state index contributed by atoms with van der Waals surface area (Å²) in [5.41, 5.74) is 3.27. The Morgan fingerprint density at radius 2 is 1.57 bits per heavy atom. The van der Waals surface area contributed by atoms with E-state index in [1.807, 2.05) is 83.6 Å². The van der Waals surface area contributed by atoms with Crippen LogP contribution in [0.15, 0.2) is 109 Å². The van der Waals surface area contributed by atoms with Gasteiger partial charge in [0.15, 0.2) is 0 Å². The maximum atomic E-state index is 13.2. The van der Waals surface area contributed by atoms with Crippen LogP contribution < -0.4 is 5.32 Å². The molecule has 5 heteroatoms. The van der Waals surface area contributed by atoms with Gasteiger partial charge in [0.1, 0.15) is 5.25 Å². The fourth-order valence-corrected chi connectivity index (χ4v) is 4.34. The van der Waals surface area contributed by atoms with Gasteiger partial charge < -0.3 is 9.88 Å². The predicted octanol–water partition coefficient (Wildman–Crippen LogP) is 5.08. The molecular weight excluding hydrogens is 390 g/mol. The quantitative estimate of drug-likeness (QED) is 0.410. The summed E-state index contributed by atoms with van der Waals surface area (Å²) in [6, 6.07) is 28.2. The average molecular weight is 414 g/mol. The molecule has 0 spiro atoms. The minimum absolute atomic E-state index is 0.00693. The average Bonchev–Trinajstić information content (AvgIpc) is 3.31. The van der Waals surface area contributed by atoms with Crippen molar-refractivity contribution in [1.82, 2.24) is 14.9 Å². The van der Waals surface area contributed by atoms with Gasteiger partial charge in [-0.1, -0.05) is 72.8 Å². The predicted molar refractivity (Wildman–Crippen MR) is 121 cm³/mol. The Morgan fingerprint density at radius 3 is 2.27 bits per heavy atom. The normalized spacial score (nSPS) is 11.7. The Balaban J connectivity index is 1.49. The van der Waals surface area contributed by atoms with Crippen molar-refractivity contribution in [2.45, 2.75) is 23.2 Å². The van der Waals surface area contributed by atoms with E-state index >= 15 is 0 Å².